The minimum Gasteiger partial charge on any atom is -0.481 e. The number of carbonyl (C=O) groups excluding carboxylic acids is 5. The number of carboxylic acids is 4. The van der Waals surface area contributed by atoms with Crippen molar-refractivity contribution in [1.29, 1.82) is 0 Å². The molecule has 0 bridgehead atoms. The van der Waals surface area contributed by atoms with Crippen molar-refractivity contribution < 1.29 is 104 Å². The van der Waals surface area contributed by atoms with Gasteiger partial charge in [-0.25, -0.2) is 4.79 Å². The van der Waals surface area contributed by atoms with Crippen LogP contribution in [0.1, 0.15) is 52.0 Å². The summed E-state index contributed by atoms with van der Waals surface area (Å²) in [6, 6.07) is 5.19. The van der Waals surface area contributed by atoms with E-state index in [1.165, 1.54) is 18.7 Å². The number of benzene rings is 1. The molecule has 0 radical (unpaired) electrons. The van der Waals surface area contributed by atoms with Crippen molar-refractivity contribution in [3.05, 3.63) is 29.8 Å². The van der Waals surface area contributed by atoms with Gasteiger partial charge in [-0.1, -0.05) is 39.3 Å². The molecule has 1 aromatic rings. The minimum absolute atomic E-state index is 0. The van der Waals surface area contributed by atoms with Crippen LogP contribution in [0.5, 0.6) is 0 Å². The minimum atomic E-state index is -1.09. The molecule has 1 aliphatic heterocycles. The first kappa shape index (κ1) is 61.0. The number of urea groups is 1. The van der Waals surface area contributed by atoms with Crippen LogP contribution >= 0.6 is 11.8 Å². The van der Waals surface area contributed by atoms with Gasteiger partial charge in [0.2, 0.25) is 17.7 Å². The van der Waals surface area contributed by atoms with E-state index < -0.39 is 53.7 Å². The van der Waals surface area contributed by atoms with Crippen LogP contribution in [0.15, 0.2) is 24.3 Å². The summed E-state index contributed by atoms with van der Waals surface area (Å²) in [4.78, 5) is 118. The average Bonchev–Trinajstić information content (AvgIpc) is 3.25. The number of Topliss-reactive ketones (excluding diaryl/α,β-unsaturated/α-hetero) is 1. The summed E-state index contributed by atoms with van der Waals surface area (Å²) in [6.07, 6.45) is 2.49. The van der Waals surface area contributed by atoms with Crippen LogP contribution in [0.2, 0.25) is 0 Å². The number of hydrogen-bond donors (Lipinski definition) is 9. The molecule has 1 aliphatic rings. The first-order valence-corrected chi connectivity index (χ1v) is 23.5. The number of carbonyl (C=O) groups is 9. The molecule has 1 unspecified atom stereocenters. The molecule has 0 saturated carbocycles. The Kier molecular flexibility index (Phi) is 30.5. The van der Waals surface area contributed by atoms with Crippen LogP contribution in [0, 0.1) is 57.7 Å². The Hall–Kier alpha value is -4.04. The number of aliphatic carboxylic acids is 4. The number of hydrogen-bond acceptors (Lipinski definition) is 14. The Morgan fingerprint density at radius 1 is 0.657 bits per heavy atom. The maximum absolute atomic E-state index is 13.6. The number of anilines is 1. The second-order valence-corrected chi connectivity index (χ2v) is 17.4. The van der Waals surface area contributed by atoms with E-state index in [9.17, 15) is 58.5 Å². The van der Waals surface area contributed by atoms with Crippen molar-refractivity contribution in [2.75, 3.05) is 109 Å². The summed E-state index contributed by atoms with van der Waals surface area (Å²) in [5.74, 6) is -6.84. The van der Waals surface area contributed by atoms with Gasteiger partial charge in [0, 0.05) is 136 Å². The van der Waals surface area contributed by atoms with E-state index in [4.69, 9.17) is 5.11 Å². The fraction of sp³-hybridized carbons (Fsp3) is 0.651. The molecule has 0 spiro atoms. The summed E-state index contributed by atoms with van der Waals surface area (Å²) in [5.41, 5.74) is 1.13. The van der Waals surface area contributed by atoms with Crippen molar-refractivity contribution in [2.24, 2.45) is 17.8 Å². The van der Waals surface area contributed by atoms with E-state index in [-0.39, 0.29) is 161 Å². The Labute approximate surface area is 428 Å². The van der Waals surface area contributed by atoms with Crippen LogP contribution in [-0.2, 0) is 44.9 Å². The molecule has 378 valence electrons. The maximum Gasteiger partial charge on any atom is 0.319 e. The van der Waals surface area contributed by atoms with Crippen LogP contribution in [-0.4, -0.2) is 203 Å². The fourth-order valence-corrected chi connectivity index (χ4v) is 7.45. The van der Waals surface area contributed by atoms with Gasteiger partial charge in [-0.05, 0) is 42.0 Å². The molecule has 1 aromatic carbocycles. The zero-order valence-corrected chi connectivity index (χ0v) is 41.9. The molecule has 9 N–H and O–H groups in total. The average molecular weight is 1110 g/mol. The zero-order chi connectivity index (χ0) is 49.2. The molecule has 67 heavy (non-hydrogen) atoms. The normalized spacial score (nSPS) is 16.2. The number of amides is 5. The van der Waals surface area contributed by atoms with Crippen LogP contribution in [0.25, 0.3) is 0 Å². The van der Waals surface area contributed by atoms with Gasteiger partial charge in [0.15, 0.2) is 5.78 Å². The number of ketones is 1. The van der Waals surface area contributed by atoms with Gasteiger partial charge in [0.1, 0.15) is 0 Å². The Balaban J connectivity index is 0.0000224. The first-order valence-electron chi connectivity index (χ1n) is 22.1. The number of thioether (sulfide) groups is 1. The van der Waals surface area contributed by atoms with Crippen molar-refractivity contribution >= 4 is 70.9 Å². The van der Waals surface area contributed by atoms with Crippen LogP contribution < -0.4 is 26.6 Å². The van der Waals surface area contributed by atoms with E-state index in [2.05, 4.69) is 26.6 Å². The van der Waals surface area contributed by atoms with E-state index >= 15 is 0 Å². The number of nitrogens with one attached hydrogen (secondary N) is 5. The van der Waals surface area contributed by atoms with Gasteiger partial charge in [-0.2, -0.15) is 11.8 Å². The summed E-state index contributed by atoms with van der Waals surface area (Å²) < 4.78 is 0. The quantitative estimate of drug-likeness (QED) is 0.0523. The van der Waals surface area contributed by atoms with Crippen LogP contribution in [0.3, 0.4) is 0 Å². The van der Waals surface area contributed by atoms with E-state index in [0.717, 1.165) is 0 Å². The summed E-state index contributed by atoms with van der Waals surface area (Å²) in [6.45, 7) is 6.77. The second kappa shape index (κ2) is 33.5. The second-order valence-electron chi connectivity index (χ2n) is 16.4. The largest absolute Gasteiger partial charge is 0.481 e. The van der Waals surface area contributed by atoms with Gasteiger partial charge < -0.3 is 47.0 Å². The summed E-state index contributed by atoms with van der Waals surface area (Å²) >= 11 is 1.50. The Morgan fingerprint density at radius 3 is 1.58 bits per heavy atom. The van der Waals surface area contributed by atoms with E-state index in [1.807, 2.05) is 25.0 Å². The number of rotatable bonds is 27. The van der Waals surface area contributed by atoms with E-state index in [0.29, 0.717) is 42.9 Å². The monoisotopic (exact) mass is 1110 g/mol. The Morgan fingerprint density at radius 2 is 1.13 bits per heavy atom. The van der Waals surface area contributed by atoms with Crippen LogP contribution in [0.4, 0.5) is 10.5 Å². The third-order valence-electron chi connectivity index (χ3n) is 11.1. The first-order chi connectivity index (χ1) is 31.3. The van der Waals surface area contributed by atoms with Crippen molar-refractivity contribution in [1.82, 2.24) is 40.9 Å². The molecule has 2 rings (SSSR count). The smallest absolute Gasteiger partial charge is 0.319 e. The van der Waals surface area contributed by atoms with Gasteiger partial charge in [0.05, 0.1) is 38.1 Å². The molecule has 1 saturated heterocycles. The summed E-state index contributed by atoms with van der Waals surface area (Å²) in [5, 5.41) is 51.0. The van der Waals surface area contributed by atoms with Gasteiger partial charge in [0.25, 0.3) is 0 Å². The third kappa shape index (κ3) is 26.3. The SMILES string of the molecule is CC[C@H](C)[C@H](CC(=O)[C@H](CCSC)NC(=O)Nc1ccc(CNC(=O)CN2CCN(CC(=O)O)CCN(CC(=O)O)CCN(CC(=O)O)CC2)cc1)C(=O)NCCNC(=O)CC(C)C(=O)O.[Gd]. The van der Waals surface area contributed by atoms with E-state index in [1.54, 1.807) is 39.0 Å². The molecule has 22 nitrogen and oxygen atoms in total. The molecular formula is C43H69GdN9O13S. The summed E-state index contributed by atoms with van der Waals surface area (Å²) in [7, 11) is 0. The predicted molar refractivity (Wildman–Crippen MR) is 246 cm³/mol. The Bertz CT molecular complexity index is 1750. The fourth-order valence-electron chi connectivity index (χ4n) is 6.98. The molecule has 4 atom stereocenters. The molecule has 24 heteroatoms. The molecule has 0 aliphatic carbocycles. The molecule has 1 heterocycles. The van der Waals surface area contributed by atoms with Gasteiger partial charge >= 0.3 is 29.9 Å². The molecule has 1 fully saturated rings. The zero-order valence-electron chi connectivity index (χ0n) is 38.8. The van der Waals surface area contributed by atoms with Crippen molar-refractivity contribution in [2.45, 2.75) is 59.0 Å². The predicted octanol–water partition coefficient (Wildman–Crippen LogP) is -0.0139. The molecular weight excluding hydrogens is 1040 g/mol. The van der Waals surface area contributed by atoms with Gasteiger partial charge in [-0.3, -0.25) is 58.0 Å². The number of nitrogens with zero attached hydrogens (tertiary/aromatic N) is 4. The molecule has 5 amide bonds. The van der Waals surface area contributed by atoms with Crippen molar-refractivity contribution in [3.8, 4) is 0 Å². The topological polar surface area (TPSA) is 308 Å². The van der Waals surface area contributed by atoms with Gasteiger partial charge in [-0.15, -0.1) is 0 Å². The third-order valence-corrected chi connectivity index (χ3v) is 11.8. The van der Waals surface area contributed by atoms with Crippen molar-refractivity contribution in [3.63, 3.8) is 0 Å². The maximum atomic E-state index is 13.6. The standard InChI is InChI=1S/C43H69N9O13S.Gd/c1-5-29(2)33(41(62)45-12-11-44-36(54)22-30(3)42(63)64)23-35(53)34(10-21-66-4)48-43(65)47-32-8-6-31(7-9-32)24-46-37(55)25-49-13-15-50(26-38(56)57)17-19-52(28-40(60)61)20-18-51(16-14-49)27-39(58)59;/h6-9,29-30,33-34H,5,10-28H2,1-4H3,(H,44,54)(H,45,62)(H,46,55)(H,56,57)(H,58,59)(H,60,61)(H,63,64)(H2,47,48,65);/t29-,30?,33-,34-;/m0./s1. The molecule has 0 aromatic heterocycles. The number of carboxylic acid groups (broad SMARTS) is 4.